The van der Waals surface area contributed by atoms with E-state index >= 15 is 0 Å². The number of hydrogen-bond acceptors (Lipinski definition) is 4. The zero-order chi connectivity index (χ0) is 13.0. The van der Waals surface area contributed by atoms with Crippen molar-refractivity contribution in [2.45, 2.75) is 37.7 Å². The van der Waals surface area contributed by atoms with Crippen molar-refractivity contribution in [1.82, 2.24) is 15.3 Å². The van der Waals surface area contributed by atoms with E-state index in [1.165, 1.54) is 12.4 Å². The first-order valence-corrected chi connectivity index (χ1v) is 6.45. The highest BCUT2D eigenvalue weighted by Crippen LogP contribution is 2.27. The lowest BCUT2D eigenvalue weighted by molar-refractivity contribution is 0.00521. The topological polar surface area (TPSA) is 75.1 Å². The molecule has 0 bridgehead atoms. The van der Waals surface area contributed by atoms with Gasteiger partial charge in [0.2, 0.25) is 0 Å². The quantitative estimate of drug-likeness (QED) is 0.873. The fourth-order valence-corrected chi connectivity index (χ4v) is 2.32. The molecule has 18 heavy (non-hydrogen) atoms. The third kappa shape index (κ3) is 3.40. The van der Waals surface area contributed by atoms with Crippen LogP contribution in [0, 0.1) is 0 Å². The van der Waals surface area contributed by atoms with Crippen molar-refractivity contribution in [3.63, 3.8) is 0 Å². The van der Waals surface area contributed by atoms with Gasteiger partial charge in [0.15, 0.2) is 0 Å². The molecule has 1 aliphatic rings. The number of nitrogens with one attached hydrogen (secondary N) is 1. The molecule has 1 amide bonds. The first kappa shape index (κ1) is 13.2. The average Bonchev–Trinajstić information content (AvgIpc) is 2.37. The summed E-state index contributed by atoms with van der Waals surface area (Å²) in [5, 5.41) is 13.1. The van der Waals surface area contributed by atoms with Crippen LogP contribution in [0.2, 0.25) is 5.15 Å². The van der Waals surface area contributed by atoms with E-state index in [1.807, 2.05) is 0 Å². The number of amides is 1. The zero-order valence-corrected chi connectivity index (χ0v) is 10.8. The van der Waals surface area contributed by atoms with E-state index in [1.54, 1.807) is 0 Å². The van der Waals surface area contributed by atoms with E-state index in [0.717, 1.165) is 32.1 Å². The molecule has 1 aliphatic carbocycles. The number of rotatable bonds is 3. The second-order valence-corrected chi connectivity index (χ2v) is 5.08. The van der Waals surface area contributed by atoms with E-state index in [9.17, 15) is 9.90 Å². The Morgan fingerprint density at radius 2 is 2.11 bits per heavy atom. The Labute approximate surface area is 111 Å². The molecule has 0 spiro atoms. The van der Waals surface area contributed by atoms with Gasteiger partial charge in [-0.2, -0.15) is 0 Å². The van der Waals surface area contributed by atoms with Gasteiger partial charge in [-0.15, -0.1) is 0 Å². The van der Waals surface area contributed by atoms with E-state index in [-0.39, 0.29) is 23.3 Å². The Balaban J connectivity index is 1.92. The number of aromatic nitrogens is 2. The maximum atomic E-state index is 11.8. The molecule has 0 aromatic carbocycles. The summed E-state index contributed by atoms with van der Waals surface area (Å²) in [6.07, 6.45) is 7.34. The summed E-state index contributed by atoms with van der Waals surface area (Å²) in [7, 11) is 0. The Hall–Kier alpha value is -1.20. The number of aliphatic hydroxyl groups is 1. The number of nitrogens with zero attached hydrogens (tertiary/aromatic N) is 2. The van der Waals surface area contributed by atoms with Crippen molar-refractivity contribution in [2.24, 2.45) is 0 Å². The Morgan fingerprint density at radius 3 is 2.78 bits per heavy atom. The number of carbonyl (C=O) groups is 1. The van der Waals surface area contributed by atoms with Gasteiger partial charge in [-0.3, -0.25) is 9.78 Å². The van der Waals surface area contributed by atoms with Gasteiger partial charge in [-0.25, -0.2) is 4.98 Å². The molecule has 1 aromatic rings. The van der Waals surface area contributed by atoms with E-state index in [2.05, 4.69) is 15.3 Å². The summed E-state index contributed by atoms with van der Waals surface area (Å²) in [5.74, 6) is -0.357. The molecule has 0 atom stereocenters. The van der Waals surface area contributed by atoms with Crippen molar-refractivity contribution in [1.29, 1.82) is 0 Å². The Morgan fingerprint density at radius 1 is 1.39 bits per heavy atom. The monoisotopic (exact) mass is 269 g/mol. The van der Waals surface area contributed by atoms with Crippen molar-refractivity contribution < 1.29 is 9.90 Å². The normalized spacial score (nSPS) is 18.3. The fourth-order valence-electron chi connectivity index (χ4n) is 2.17. The highest BCUT2D eigenvalue weighted by molar-refractivity contribution is 6.29. The van der Waals surface area contributed by atoms with Crippen LogP contribution >= 0.6 is 11.6 Å². The minimum absolute atomic E-state index is 0.168. The number of halogens is 1. The van der Waals surface area contributed by atoms with E-state index in [0.29, 0.717) is 0 Å². The second-order valence-electron chi connectivity index (χ2n) is 4.69. The molecule has 0 unspecified atom stereocenters. The smallest absolute Gasteiger partial charge is 0.271 e. The molecule has 98 valence electrons. The molecule has 1 fully saturated rings. The van der Waals surface area contributed by atoms with Crippen molar-refractivity contribution >= 4 is 17.5 Å². The van der Waals surface area contributed by atoms with Gasteiger partial charge in [0.05, 0.1) is 18.0 Å². The van der Waals surface area contributed by atoms with Gasteiger partial charge in [0, 0.05) is 6.54 Å². The molecule has 1 heterocycles. The molecule has 2 N–H and O–H groups in total. The van der Waals surface area contributed by atoms with Crippen LogP contribution in [0.4, 0.5) is 0 Å². The first-order valence-electron chi connectivity index (χ1n) is 6.07. The molecular formula is C12H16ClN3O2. The molecule has 1 aromatic heterocycles. The standard InChI is InChI=1S/C12H16ClN3O2/c13-10-7-14-6-9(16-10)11(17)15-8-12(18)4-2-1-3-5-12/h6-7,18H,1-5,8H2,(H,15,17). The van der Waals surface area contributed by atoms with Crippen molar-refractivity contribution in [3.05, 3.63) is 23.2 Å². The lowest BCUT2D eigenvalue weighted by atomic mass is 9.85. The molecule has 5 nitrogen and oxygen atoms in total. The van der Waals surface area contributed by atoms with Crippen molar-refractivity contribution in [3.8, 4) is 0 Å². The van der Waals surface area contributed by atoms with E-state index in [4.69, 9.17) is 11.6 Å². The predicted molar refractivity (Wildman–Crippen MR) is 67.4 cm³/mol. The lowest BCUT2D eigenvalue weighted by Crippen LogP contribution is -2.44. The number of hydrogen-bond donors (Lipinski definition) is 2. The summed E-state index contributed by atoms with van der Waals surface area (Å²) in [6, 6.07) is 0. The predicted octanol–water partition coefficient (Wildman–Crippen LogP) is 1.55. The minimum atomic E-state index is -0.778. The molecule has 0 radical (unpaired) electrons. The van der Waals surface area contributed by atoms with Crippen LogP contribution in [0.5, 0.6) is 0 Å². The Bertz CT molecular complexity index is 433. The average molecular weight is 270 g/mol. The molecule has 0 saturated heterocycles. The third-order valence-electron chi connectivity index (χ3n) is 3.20. The summed E-state index contributed by atoms with van der Waals surface area (Å²) < 4.78 is 0. The van der Waals surface area contributed by atoms with Crippen LogP contribution in [-0.2, 0) is 0 Å². The van der Waals surface area contributed by atoms with Gasteiger partial charge in [0.25, 0.3) is 5.91 Å². The molecule has 2 rings (SSSR count). The first-order chi connectivity index (χ1) is 8.59. The van der Waals surface area contributed by atoms with Crippen molar-refractivity contribution in [2.75, 3.05) is 6.54 Å². The Kier molecular flexibility index (Phi) is 4.14. The van der Waals surface area contributed by atoms with Crippen LogP contribution in [0.1, 0.15) is 42.6 Å². The SMILES string of the molecule is O=C(NCC1(O)CCCCC1)c1cncc(Cl)n1. The zero-order valence-electron chi connectivity index (χ0n) is 10.0. The van der Waals surface area contributed by atoms with Gasteiger partial charge >= 0.3 is 0 Å². The highest BCUT2D eigenvalue weighted by Gasteiger charge is 2.29. The summed E-state index contributed by atoms with van der Waals surface area (Å²) in [4.78, 5) is 19.5. The van der Waals surface area contributed by atoms with Gasteiger partial charge < -0.3 is 10.4 Å². The molecule has 0 aliphatic heterocycles. The largest absolute Gasteiger partial charge is 0.388 e. The van der Waals surface area contributed by atoms with E-state index < -0.39 is 5.60 Å². The van der Waals surface area contributed by atoms with Crippen LogP contribution in [0.15, 0.2) is 12.4 Å². The molecule has 1 saturated carbocycles. The highest BCUT2D eigenvalue weighted by atomic mass is 35.5. The third-order valence-corrected chi connectivity index (χ3v) is 3.38. The second kappa shape index (κ2) is 5.63. The van der Waals surface area contributed by atoms with Crippen LogP contribution in [0.25, 0.3) is 0 Å². The maximum Gasteiger partial charge on any atom is 0.271 e. The summed E-state index contributed by atoms with van der Waals surface area (Å²) >= 11 is 5.66. The number of carbonyl (C=O) groups excluding carboxylic acids is 1. The van der Waals surface area contributed by atoms with Crippen LogP contribution in [-0.4, -0.2) is 33.1 Å². The minimum Gasteiger partial charge on any atom is -0.388 e. The summed E-state index contributed by atoms with van der Waals surface area (Å²) in [5.41, 5.74) is -0.609. The van der Waals surface area contributed by atoms with Crippen LogP contribution < -0.4 is 5.32 Å². The fraction of sp³-hybridized carbons (Fsp3) is 0.583. The van der Waals surface area contributed by atoms with Gasteiger partial charge in [-0.1, -0.05) is 30.9 Å². The lowest BCUT2D eigenvalue weighted by Gasteiger charge is -2.32. The molecule has 6 heteroatoms. The van der Waals surface area contributed by atoms with Gasteiger partial charge in [-0.05, 0) is 12.8 Å². The molecular weight excluding hydrogens is 254 g/mol. The van der Waals surface area contributed by atoms with Gasteiger partial charge in [0.1, 0.15) is 10.8 Å². The van der Waals surface area contributed by atoms with Crippen LogP contribution in [0.3, 0.4) is 0 Å². The summed E-state index contributed by atoms with van der Waals surface area (Å²) in [6.45, 7) is 0.250. The maximum absolute atomic E-state index is 11.8.